The van der Waals surface area contributed by atoms with Crippen molar-refractivity contribution in [3.05, 3.63) is 40.3 Å². The highest BCUT2D eigenvalue weighted by Crippen LogP contribution is 2.43. The van der Waals surface area contributed by atoms with Gasteiger partial charge in [0, 0.05) is 48.7 Å². The maximum Gasteiger partial charge on any atom is 0.312 e. The van der Waals surface area contributed by atoms with E-state index in [1.54, 1.807) is 11.3 Å². The van der Waals surface area contributed by atoms with Gasteiger partial charge in [0.1, 0.15) is 11.6 Å². The molecule has 0 spiro atoms. The first-order chi connectivity index (χ1) is 16.5. The van der Waals surface area contributed by atoms with Crippen LogP contribution < -0.4 is 0 Å². The van der Waals surface area contributed by atoms with Crippen molar-refractivity contribution in [1.29, 1.82) is 0 Å². The van der Waals surface area contributed by atoms with Crippen molar-refractivity contribution in [2.75, 3.05) is 39.5 Å². The van der Waals surface area contributed by atoms with E-state index in [1.165, 1.54) is 5.56 Å². The van der Waals surface area contributed by atoms with E-state index in [9.17, 15) is 4.79 Å². The molecule has 34 heavy (non-hydrogen) atoms. The number of aromatic nitrogens is 4. The monoisotopic (exact) mass is 481 g/mol. The molecule has 3 aromatic rings. The molecule has 1 aliphatic carbocycles. The summed E-state index contributed by atoms with van der Waals surface area (Å²) in [5.74, 6) is -0.219. The van der Waals surface area contributed by atoms with E-state index in [0.717, 1.165) is 83.9 Å². The number of nitrogens with zero attached hydrogens (tertiary/aromatic N) is 5. The van der Waals surface area contributed by atoms with Gasteiger partial charge in [0.25, 0.3) is 0 Å². The Labute approximate surface area is 203 Å². The molecule has 0 N–H and O–H groups in total. The Morgan fingerprint density at radius 1 is 1.24 bits per heavy atom. The van der Waals surface area contributed by atoms with Crippen LogP contribution in [-0.2, 0) is 33.5 Å². The van der Waals surface area contributed by atoms with Crippen molar-refractivity contribution >= 4 is 17.3 Å². The molecule has 3 aromatic heterocycles. The molecular formula is C25H31N5O3S. The van der Waals surface area contributed by atoms with Crippen LogP contribution in [0.5, 0.6) is 0 Å². The molecule has 0 bridgehead atoms. The number of hydrogen-bond acceptors (Lipinski definition) is 8. The van der Waals surface area contributed by atoms with E-state index in [0.29, 0.717) is 6.61 Å². The van der Waals surface area contributed by atoms with E-state index in [2.05, 4.69) is 34.5 Å². The van der Waals surface area contributed by atoms with Crippen molar-refractivity contribution in [1.82, 2.24) is 24.6 Å². The third-order valence-electron chi connectivity index (χ3n) is 6.32. The van der Waals surface area contributed by atoms with E-state index in [1.807, 2.05) is 19.2 Å². The van der Waals surface area contributed by atoms with Gasteiger partial charge in [-0.05, 0) is 45.7 Å². The molecule has 1 fully saturated rings. The summed E-state index contributed by atoms with van der Waals surface area (Å²) in [7, 11) is 0. The van der Waals surface area contributed by atoms with E-state index in [4.69, 9.17) is 19.6 Å². The number of thiazole rings is 1. The fourth-order valence-corrected chi connectivity index (χ4v) is 5.68. The number of ether oxygens (including phenoxy) is 2. The lowest BCUT2D eigenvalue weighted by Crippen LogP contribution is -2.38. The number of aryl methyl sites for hydroxylation is 2. The van der Waals surface area contributed by atoms with Crippen LogP contribution in [0.4, 0.5) is 0 Å². The van der Waals surface area contributed by atoms with Gasteiger partial charge in [-0.25, -0.2) is 4.98 Å². The molecule has 1 aliphatic heterocycles. The Balaban J connectivity index is 1.34. The molecule has 0 atom stereocenters. The summed E-state index contributed by atoms with van der Waals surface area (Å²) in [4.78, 5) is 25.2. The van der Waals surface area contributed by atoms with Gasteiger partial charge in [0.2, 0.25) is 0 Å². The Morgan fingerprint density at radius 3 is 2.79 bits per heavy atom. The lowest BCUT2D eigenvalue weighted by Gasteiger charge is -2.26. The second-order valence-corrected chi connectivity index (χ2v) is 10.2. The minimum atomic E-state index is -0.219. The zero-order chi connectivity index (χ0) is 23.7. The van der Waals surface area contributed by atoms with Crippen molar-refractivity contribution in [3.63, 3.8) is 0 Å². The summed E-state index contributed by atoms with van der Waals surface area (Å²) in [6.07, 6.45) is 3.84. The fourth-order valence-electron chi connectivity index (χ4n) is 4.52. The number of carbonyl (C=O) groups excluding carboxylic acids is 1. The van der Waals surface area contributed by atoms with E-state index in [-0.39, 0.29) is 18.4 Å². The number of carbonyl (C=O) groups is 1. The van der Waals surface area contributed by atoms with Crippen molar-refractivity contribution in [2.45, 2.75) is 46.1 Å². The first kappa shape index (κ1) is 23.1. The first-order valence-corrected chi connectivity index (χ1v) is 12.8. The third-order valence-corrected chi connectivity index (χ3v) is 7.43. The smallest absolute Gasteiger partial charge is 0.312 e. The Morgan fingerprint density at radius 2 is 2.06 bits per heavy atom. The van der Waals surface area contributed by atoms with Crippen LogP contribution in [-0.4, -0.2) is 70.1 Å². The van der Waals surface area contributed by atoms with Gasteiger partial charge in [0.15, 0.2) is 0 Å². The quantitative estimate of drug-likeness (QED) is 0.478. The number of fused-ring (bicyclic) bond motifs is 3. The van der Waals surface area contributed by atoms with Crippen LogP contribution in [0.25, 0.3) is 21.8 Å². The van der Waals surface area contributed by atoms with Gasteiger partial charge >= 0.3 is 5.97 Å². The van der Waals surface area contributed by atoms with Crippen LogP contribution in [0.2, 0.25) is 0 Å². The predicted octanol–water partition coefficient (Wildman–Crippen LogP) is 3.47. The van der Waals surface area contributed by atoms with Gasteiger partial charge in [-0.3, -0.25) is 19.4 Å². The molecule has 4 heterocycles. The standard InChI is InChI=1S/C25H31N5O3S/c1-16(2)30-24-19(23(28-30)18-5-4-17(3)26-15-18)6-7-20-25(24)34-21(27-20)14-22(31)33-13-10-29-8-11-32-12-9-29/h4-5,15-16H,6-14H2,1-3H3. The lowest BCUT2D eigenvalue weighted by atomic mass is 9.95. The highest BCUT2D eigenvalue weighted by molar-refractivity contribution is 7.15. The van der Waals surface area contributed by atoms with Gasteiger partial charge in [-0.15, -0.1) is 11.3 Å². The molecule has 1 saturated heterocycles. The highest BCUT2D eigenvalue weighted by Gasteiger charge is 2.30. The molecule has 5 rings (SSSR count). The molecule has 0 radical (unpaired) electrons. The van der Waals surface area contributed by atoms with Crippen LogP contribution in [0, 0.1) is 6.92 Å². The number of hydrogen-bond donors (Lipinski definition) is 0. The Bertz CT molecular complexity index is 1160. The van der Waals surface area contributed by atoms with Crippen molar-refractivity contribution in [3.8, 4) is 21.8 Å². The average molecular weight is 482 g/mol. The van der Waals surface area contributed by atoms with Crippen molar-refractivity contribution in [2.24, 2.45) is 0 Å². The zero-order valence-corrected chi connectivity index (χ0v) is 20.9. The highest BCUT2D eigenvalue weighted by atomic mass is 32.1. The fraction of sp³-hybridized carbons (Fsp3) is 0.520. The van der Waals surface area contributed by atoms with Crippen LogP contribution in [0.3, 0.4) is 0 Å². The van der Waals surface area contributed by atoms with Gasteiger partial charge in [-0.2, -0.15) is 5.10 Å². The maximum atomic E-state index is 12.5. The number of rotatable bonds is 7. The molecule has 9 heteroatoms. The number of esters is 1. The summed E-state index contributed by atoms with van der Waals surface area (Å²) in [5, 5.41) is 5.81. The second-order valence-electron chi connectivity index (χ2n) is 9.14. The minimum Gasteiger partial charge on any atom is -0.464 e. The molecule has 8 nitrogen and oxygen atoms in total. The molecule has 0 unspecified atom stereocenters. The van der Waals surface area contributed by atoms with Crippen LogP contribution >= 0.6 is 11.3 Å². The van der Waals surface area contributed by atoms with Crippen molar-refractivity contribution < 1.29 is 14.3 Å². The number of pyridine rings is 1. The Hall–Kier alpha value is -2.62. The zero-order valence-electron chi connectivity index (χ0n) is 20.0. The predicted molar refractivity (Wildman–Crippen MR) is 131 cm³/mol. The normalized spacial score (nSPS) is 15.9. The summed E-state index contributed by atoms with van der Waals surface area (Å²) in [6, 6.07) is 4.33. The van der Waals surface area contributed by atoms with Gasteiger partial charge in [0.05, 0.1) is 41.6 Å². The van der Waals surface area contributed by atoms with Crippen LogP contribution in [0.15, 0.2) is 18.3 Å². The second kappa shape index (κ2) is 9.93. The van der Waals surface area contributed by atoms with E-state index < -0.39 is 0 Å². The first-order valence-electron chi connectivity index (χ1n) is 12.0. The topological polar surface area (TPSA) is 82.4 Å². The summed E-state index contributed by atoms with van der Waals surface area (Å²) >= 11 is 1.60. The van der Waals surface area contributed by atoms with Crippen LogP contribution in [0.1, 0.15) is 41.8 Å². The van der Waals surface area contributed by atoms with Gasteiger partial charge < -0.3 is 9.47 Å². The summed E-state index contributed by atoms with van der Waals surface area (Å²) in [6.45, 7) is 10.7. The molecule has 2 aliphatic rings. The Kier molecular flexibility index (Phi) is 6.76. The summed E-state index contributed by atoms with van der Waals surface area (Å²) in [5.41, 5.74) is 6.47. The van der Waals surface area contributed by atoms with E-state index >= 15 is 0 Å². The number of morpholine rings is 1. The third kappa shape index (κ3) is 4.78. The molecule has 0 saturated carbocycles. The maximum absolute atomic E-state index is 12.5. The minimum absolute atomic E-state index is 0.209. The SMILES string of the molecule is Cc1ccc(-c2nn(C(C)C)c3c2CCc2nc(CC(=O)OCCN4CCOCC4)sc2-3)cn1. The molecular weight excluding hydrogens is 450 g/mol. The molecule has 0 aromatic carbocycles. The molecule has 0 amide bonds. The average Bonchev–Trinajstić information content (AvgIpc) is 3.41. The largest absolute Gasteiger partial charge is 0.464 e. The van der Waals surface area contributed by atoms with Gasteiger partial charge in [-0.1, -0.05) is 0 Å². The lowest BCUT2D eigenvalue weighted by molar-refractivity contribution is -0.143. The summed E-state index contributed by atoms with van der Waals surface area (Å²) < 4.78 is 13.0. The molecule has 180 valence electrons.